The smallest absolute Gasteiger partial charge is 0.189 e. The van der Waals surface area contributed by atoms with E-state index in [1.54, 1.807) is 13.3 Å². The second-order valence-electron chi connectivity index (χ2n) is 6.23. The van der Waals surface area contributed by atoms with Gasteiger partial charge in [-0.05, 0) is 54.8 Å². The van der Waals surface area contributed by atoms with Gasteiger partial charge >= 0.3 is 0 Å². The van der Waals surface area contributed by atoms with Crippen LogP contribution in [0.4, 0.5) is 0 Å². The number of H-pyrrole nitrogens is 1. The molecule has 130 valence electrons. The largest absolute Gasteiger partial charge is 0.497 e. The maximum atomic E-state index is 12.9. The molecule has 3 aromatic rings. The Morgan fingerprint density at radius 2 is 1.96 bits per heavy atom. The number of carbonyl (C=O) groups excluding carboxylic acids is 1. The van der Waals surface area contributed by atoms with Gasteiger partial charge in [-0.3, -0.25) is 9.89 Å². The van der Waals surface area contributed by atoms with Crippen LogP contribution in [0.1, 0.15) is 27.9 Å². The fourth-order valence-corrected chi connectivity index (χ4v) is 3.52. The molecule has 4 nitrogen and oxygen atoms in total. The number of aromatic amines is 1. The van der Waals surface area contributed by atoms with Crippen molar-refractivity contribution in [3.8, 4) is 17.0 Å². The first kappa shape index (κ1) is 16.8. The van der Waals surface area contributed by atoms with E-state index in [-0.39, 0.29) is 5.78 Å². The maximum Gasteiger partial charge on any atom is 0.189 e. The summed E-state index contributed by atoms with van der Waals surface area (Å²) >= 11 is 3.45. The quantitative estimate of drug-likeness (QED) is 0.616. The molecule has 0 fully saturated rings. The molecule has 0 spiro atoms. The highest BCUT2D eigenvalue weighted by Gasteiger charge is 2.23. The normalized spacial score (nSPS) is 15.2. The molecule has 0 saturated heterocycles. The van der Waals surface area contributed by atoms with Gasteiger partial charge in [0.15, 0.2) is 5.78 Å². The number of fused-ring (bicyclic) bond motifs is 1. The monoisotopic (exact) mass is 408 g/mol. The number of aryl methyl sites for hydroxylation is 1. The van der Waals surface area contributed by atoms with Gasteiger partial charge in [-0.1, -0.05) is 28.1 Å². The number of allylic oxidation sites excluding steroid dienone is 1. The number of methoxy groups -OCH3 is 1. The minimum Gasteiger partial charge on any atom is -0.497 e. The Morgan fingerprint density at radius 1 is 1.15 bits per heavy atom. The van der Waals surface area contributed by atoms with Gasteiger partial charge in [0.1, 0.15) is 5.75 Å². The van der Waals surface area contributed by atoms with E-state index < -0.39 is 0 Å². The first-order chi connectivity index (χ1) is 12.7. The summed E-state index contributed by atoms with van der Waals surface area (Å²) in [7, 11) is 1.64. The molecule has 5 heteroatoms. The lowest BCUT2D eigenvalue weighted by Gasteiger charge is -2.18. The summed E-state index contributed by atoms with van der Waals surface area (Å²) in [5.74, 6) is 0.869. The summed E-state index contributed by atoms with van der Waals surface area (Å²) in [6, 6.07) is 13.7. The molecule has 0 bridgehead atoms. The van der Waals surface area contributed by atoms with E-state index in [1.807, 2.05) is 48.5 Å². The van der Waals surface area contributed by atoms with E-state index in [1.165, 1.54) is 0 Å². The molecule has 1 aliphatic rings. The molecule has 1 heterocycles. The number of hydrogen-bond donors (Lipinski definition) is 1. The Kier molecular flexibility index (Phi) is 4.47. The van der Waals surface area contributed by atoms with Crippen LogP contribution in [0.2, 0.25) is 0 Å². The Morgan fingerprint density at radius 3 is 2.73 bits per heavy atom. The number of ketones is 1. The van der Waals surface area contributed by atoms with Crippen molar-refractivity contribution in [2.45, 2.75) is 12.8 Å². The van der Waals surface area contributed by atoms with Crippen molar-refractivity contribution in [2.75, 3.05) is 7.11 Å². The highest BCUT2D eigenvalue weighted by molar-refractivity contribution is 9.10. The Balaban J connectivity index is 1.69. The fraction of sp³-hybridized carbons (Fsp3) is 0.143. The number of halogens is 1. The average Bonchev–Trinajstić information content (AvgIpc) is 3.12. The summed E-state index contributed by atoms with van der Waals surface area (Å²) in [5.41, 5.74) is 5.49. The first-order valence-electron chi connectivity index (χ1n) is 8.37. The van der Waals surface area contributed by atoms with E-state index in [0.717, 1.165) is 50.2 Å². The van der Waals surface area contributed by atoms with E-state index >= 15 is 0 Å². The van der Waals surface area contributed by atoms with E-state index in [4.69, 9.17) is 4.74 Å². The van der Waals surface area contributed by atoms with Gasteiger partial charge < -0.3 is 4.74 Å². The number of hydrogen-bond acceptors (Lipinski definition) is 3. The van der Waals surface area contributed by atoms with Crippen LogP contribution >= 0.6 is 15.9 Å². The van der Waals surface area contributed by atoms with Gasteiger partial charge in [-0.2, -0.15) is 5.10 Å². The molecule has 0 unspecified atom stereocenters. The van der Waals surface area contributed by atoms with Crippen LogP contribution in [0.5, 0.6) is 5.75 Å². The Hall–Kier alpha value is -2.66. The predicted octanol–water partition coefficient (Wildman–Crippen LogP) is 5.06. The molecule has 1 N–H and O–H groups in total. The standard InChI is InChI=1S/C21H17BrN2O2/c1-26-18-8-9-19-14(11-18)2-3-15(21(19)25)10-16-12-23-24-20(16)13-4-6-17(22)7-5-13/h4-12H,2-3H2,1H3,(H,23,24). The van der Waals surface area contributed by atoms with Crippen molar-refractivity contribution >= 4 is 27.8 Å². The van der Waals surface area contributed by atoms with Gasteiger partial charge in [0, 0.05) is 26.7 Å². The lowest BCUT2D eigenvalue weighted by Crippen LogP contribution is -2.14. The number of ether oxygens (including phenoxy) is 1. The number of rotatable bonds is 3. The van der Waals surface area contributed by atoms with Crippen LogP contribution in [-0.2, 0) is 6.42 Å². The van der Waals surface area contributed by atoms with Crippen molar-refractivity contribution < 1.29 is 9.53 Å². The van der Waals surface area contributed by atoms with Crippen LogP contribution in [0.3, 0.4) is 0 Å². The molecule has 26 heavy (non-hydrogen) atoms. The molecule has 0 aliphatic heterocycles. The molecule has 0 radical (unpaired) electrons. The summed E-state index contributed by atoms with van der Waals surface area (Å²) in [6.45, 7) is 0. The molecule has 1 aromatic heterocycles. The highest BCUT2D eigenvalue weighted by Crippen LogP contribution is 2.31. The minimum absolute atomic E-state index is 0.0804. The first-order valence-corrected chi connectivity index (χ1v) is 9.16. The van der Waals surface area contributed by atoms with Crippen LogP contribution < -0.4 is 4.74 Å². The number of benzene rings is 2. The highest BCUT2D eigenvalue weighted by atomic mass is 79.9. The number of carbonyl (C=O) groups is 1. The zero-order chi connectivity index (χ0) is 18.1. The van der Waals surface area contributed by atoms with Crippen LogP contribution in [-0.4, -0.2) is 23.1 Å². The molecule has 0 amide bonds. The SMILES string of the molecule is COc1ccc2c(c1)CCC(=Cc1cn[nH]c1-c1ccc(Br)cc1)C2=O. The second-order valence-corrected chi connectivity index (χ2v) is 7.14. The summed E-state index contributed by atoms with van der Waals surface area (Å²) in [6.07, 6.45) is 5.26. The van der Waals surface area contributed by atoms with Crippen molar-refractivity contribution in [1.29, 1.82) is 0 Å². The van der Waals surface area contributed by atoms with Crippen LogP contribution in [0.25, 0.3) is 17.3 Å². The van der Waals surface area contributed by atoms with Crippen molar-refractivity contribution in [3.05, 3.63) is 75.4 Å². The molecular weight excluding hydrogens is 392 g/mol. The van der Waals surface area contributed by atoms with Crippen LogP contribution in [0.15, 0.2) is 58.7 Å². The lowest BCUT2D eigenvalue weighted by molar-refractivity contribution is 0.102. The number of nitrogens with one attached hydrogen (secondary N) is 1. The van der Waals surface area contributed by atoms with Gasteiger partial charge in [-0.15, -0.1) is 0 Å². The Labute approximate surface area is 160 Å². The molecule has 1 aliphatic carbocycles. The summed E-state index contributed by atoms with van der Waals surface area (Å²) in [4.78, 5) is 12.9. The average molecular weight is 409 g/mol. The minimum atomic E-state index is 0.0804. The fourth-order valence-electron chi connectivity index (χ4n) is 3.26. The predicted molar refractivity (Wildman–Crippen MR) is 105 cm³/mol. The van der Waals surface area contributed by atoms with Crippen molar-refractivity contribution in [1.82, 2.24) is 10.2 Å². The second kappa shape index (κ2) is 6.92. The van der Waals surface area contributed by atoms with E-state index in [2.05, 4.69) is 26.1 Å². The molecule has 4 rings (SSSR count). The van der Waals surface area contributed by atoms with Gasteiger partial charge in [0.25, 0.3) is 0 Å². The summed E-state index contributed by atoms with van der Waals surface area (Å²) < 4.78 is 6.28. The van der Waals surface area contributed by atoms with Gasteiger partial charge in [0.05, 0.1) is 19.0 Å². The van der Waals surface area contributed by atoms with E-state index in [0.29, 0.717) is 6.42 Å². The number of nitrogens with zero attached hydrogens (tertiary/aromatic N) is 1. The maximum absolute atomic E-state index is 12.9. The summed E-state index contributed by atoms with van der Waals surface area (Å²) in [5, 5.41) is 7.21. The third-order valence-electron chi connectivity index (χ3n) is 4.64. The third-order valence-corrected chi connectivity index (χ3v) is 5.17. The molecule has 2 aromatic carbocycles. The van der Waals surface area contributed by atoms with E-state index in [9.17, 15) is 4.79 Å². The Bertz CT molecular complexity index is 1000. The lowest BCUT2D eigenvalue weighted by atomic mass is 9.86. The van der Waals surface area contributed by atoms with Crippen molar-refractivity contribution in [3.63, 3.8) is 0 Å². The van der Waals surface area contributed by atoms with Gasteiger partial charge in [-0.25, -0.2) is 0 Å². The molecular formula is C21H17BrN2O2. The zero-order valence-corrected chi connectivity index (χ0v) is 15.8. The third kappa shape index (κ3) is 3.10. The molecule has 0 saturated carbocycles. The van der Waals surface area contributed by atoms with Crippen LogP contribution in [0, 0.1) is 0 Å². The van der Waals surface area contributed by atoms with Crippen molar-refractivity contribution in [2.24, 2.45) is 0 Å². The topological polar surface area (TPSA) is 55.0 Å². The molecule has 0 atom stereocenters. The zero-order valence-electron chi connectivity index (χ0n) is 14.3. The number of Topliss-reactive ketones (excluding diaryl/α,β-unsaturated/α-hetero) is 1. The van der Waals surface area contributed by atoms with Gasteiger partial charge in [0.2, 0.25) is 0 Å². The number of aromatic nitrogens is 2.